The number of anilines is 1. The van der Waals surface area contributed by atoms with E-state index in [2.05, 4.69) is 5.32 Å². The maximum atomic E-state index is 12.9. The van der Waals surface area contributed by atoms with E-state index in [-0.39, 0.29) is 35.3 Å². The lowest BCUT2D eigenvalue weighted by atomic mass is 10.1. The first-order valence-corrected chi connectivity index (χ1v) is 12.7. The molecule has 7 nitrogen and oxygen atoms in total. The number of carbonyl (C=O) groups is 2. The van der Waals surface area contributed by atoms with E-state index in [1.54, 1.807) is 47.4 Å². The predicted octanol–water partition coefficient (Wildman–Crippen LogP) is 5.40. The molecule has 1 atom stereocenters. The fraction of sp³-hybridized carbons (Fsp3) is 0.292. The monoisotopic (exact) mass is 552 g/mol. The van der Waals surface area contributed by atoms with Gasteiger partial charge in [0.15, 0.2) is 18.1 Å². The molecule has 0 radical (unpaired) electrons. The van der Waals surface area contributed by atoms with Crippen LogP contribution in [0.5, 0.6) is 11.5 Å². The normalized spacial score (nSPS) is 18.9. The van der Waals surface area contributed by atoms with Crippen LogP contribution in [-0.4, -0.2) is 54.0 Å². The van der Waals surface area contributed by atoms with Crippen LogP contribution in [0.15, 0.2) is 41.3 Å². The van der Waals surface area contributed by atoms with E-state index in [4.69, 9.17) is 49.6 Å². The summed E-state index contributed by atoms with van der Waals surface area (Å²) in [5.41, 5.74) is 1.23. The highest BCUT2D eigenvalue weighted by Crippen LogP contribution is 2.39. The number of ether oxygens (including phenoxy) is 3. The lowest BCUT2D eigenvalue weighted by Gasteiger charge is -2.18. The van der Waals surface area contributed by atoms with Gasteiger partial charge in [0.2, 0.25) is 0 Å². The lowest BCUT2D eigenvalue weighted by molar-refractivity contribution is -0.123. The largest absolute Gasteiger partial charge is 0.493 e. The van der Waals surface area contributed by atoms with Crippen LogP contribution >= 0.6 is 47.2 Å². The Labute approximate surface area is 222 Å². The molecule has 0 aliphatic carbocycles. The number of hydrogen-bond acceptors (Lipinski definition) is 7. The molecular weight excluding hydrogens is 531 g/mol. The lowest BCUT2D eigenvalue weighted by Crippen LogP contribution is -2.35. The highest BCUT2D eigenvalue weighted by molar-refractivity contribution is 8.26. The van der Waals surface area contributed by atoms with Crippen LogP contribution in [0.2, 0.25) is 10.0 Å². The standard InChI is InChI=1S/C24H22Cl2N2O5S2/c1-31-19-10-14(11-20-23(30)28(24(34)35-20)12-17-3-2-8-32-17)9-18(26)22(19)33-13-21(29)27-16-6-4-15(25)5-7-16/h4-7,9-11,17H,2-3,8,12-13H2,1H3,(H,27,29)/b20-11-/t17-/m0/s1. The van der Waals surface area contributed by atoms with Crippen LogP contribution in [0.3, 0.4) is 0 Å². The molecule has 35 heavy (non-hydrogen) atoms. The molecular formula is C24H22Cl2N2O5S2. The van der Waals surface area contributed by atoms with Crippen molar-refractivity contribution in [1.29, 1.82) is 0 Å². The maximum absolute atomic E-state index is 12.9. The molecule has 2 aromatic carbocycles. The summed E-state index contributed by atoms with van der Waals surface area (Å²) in [6, 6.07) is 10.0. The first-order chi connectivity index (χ1) is 16.8. The first kappa shape index (κ1) is 25.8. The molecule has 2 fully saturated rings. The third-order valence-corrected chi connectivity index (χ3v) is 7.22. The number of rotatable bonds is 8. The van der Waals surface area contributed by atoms with Crippen LogP contribution < -0.4 is 14.8 Å². The highest BCUT2D eigenvalue weighted by atomic mass is 35.5. The van der Waals surface area contributed by atoms with Crippen LogP contribution in [0, 0.1) is 0 Å². The number of nitrogens with one attached hydrogen (secondary N) is 1. The Bertz CT molecular complexity index is 1170. The molecule has 4 rings (SSSR count). The Morgan fingerprint density at radius 1 is 1.31 bits per heavy atom. The van der Waals surface area contributed by atoms with E-state index < -0.39 is 0 Å². The van der Waals surface area contributed by atoms with E-state index in [0.29, 0.717) is 44.4 Å². The Morgan fingerprint density at radius 3 is 2.77 bits per heavy atom. The Balaban J connectivity index is 1.44. The molecule has 0 aromatic heterocycles. The van der Waals surface area contributed by atoms with Gasteiger partial charge >= 0.3 is 0 Å². The summed E-state index contributed by atoms with van der Waals surface area (Å²) in [5, 5.41) is 3.52. The fourth-order valence-corrected chi connectivity index (χ4v) is 5.31. The van der Waals surface area contributed by atoms with Crippen LogP contribution in [0.4, 0.5) is 5.69 Å². The number of halogens is 2. The van der Waals surface area contributed by atoms with E-state index in [1.165, 1.54) is 18.9 Å². The van der Waals surface area contributed by atoms with Crippen molar-refractivity contribution in [3.63, 3.8) is 0 Å². The third kappa shape index (κ3) is 6.48. The molecule has 2 amide bonds. The number of methoxy groups -OCH3 is 1. The molecule has 11 heteroatoms. The first-order valence-electron chi connectivity index (χ1n) is 10.8. The molecule has 2 aliphatic rings. The van der Waals surface area contributed by atoms with Crippen LogP contribution in [-0.2, 0) is 14.3 Å². The minimum atomic E-state index is -0.371. The van der Waals surface area contributed by atoms with E-state index in [1.807, 2.05) is 0 Å². The van der Waals surface area contributed by atoms with E-state index in [0.717, 1.165) is 12.8 Å². The van der Waals surface area contributed by atoms with Gasteiger partial charge in [0.1, 0.15) is 4.32 Å². The van der Waals surface area contributed by atoms with Crippen LogP contribution in [0.1, 0.15) is 18.4 Å². The number of thiocarbonyl (C=S) groups is 1. The van der Waals surface area contributed by atoms with Gasteiger partial charge in [-0.15, -0.1) is 0 Å². The molecule has 0 bridgehead atoms. The molecule has 2 saturated heterocycles. The van der Waals surface area contributed by atoms with Gasteiger partial charge < -0.3 is 19.5 Å². The zero-order valence-corrected chi connectivity index (χ0v) is 21.9. The summed E-state index contributed by atoms with van der Waals surface area (Å²) >= 11 is 18.9. The van der Waals surface area contributed by atoms with Crippen molar-refractivity contribution in [2.24, 2.45) is 0 Å². The number of amides is 2. The zero-order valence-electron chi connectivity index (χ0n) is 18.7. The summed E-state index contributed by atoms with van der Waals surface area (Å²) in [6.45, 7) is 0.891. The van der Waals surface area contributed by atoms with Crippen molar-refractivity contribution in [2.75, 3.05) is 32.2 Å². The summed E-state index contributed by atoms with van der Waals surface area (Å²) < 4.78 is 17.2. The van der Waals surface area contributed by atoms with Crippen LogP contribution in [0.25, 0.3) is 6.08 Å². The molecule has 1 N–H and O–H groups in total. The number of carbonyl (C=O) groups excluding carboxylic acids is 2. The highest BCUT2D eigenvalue weighted by Gasteiger charge is 2.34. The minimum Gasteiger partial charge on any atom is -0.493 e. The average Bonchev–Trinajstić information content (AvgIpc) is 3.43. The molecule has 2 aromatic rings. The summed E-state index contributed by atoms with van der Waals surface area (Å²) in [4.78, 5) is 27.3. The minimum absolute atomic E-state index is 0.0136. The smallest absolute Gasteiger partial charge is 0.266 e. The summed E-state index contributed by atoms with van der Waals surface area (Å²) in [7, 11) is 1.47. The molecule has 184 valence electrons. The van der Waals surface area contributed by atoms with Crippen molar-refractivity contribution >= 4 is 75.1 Å². The number of hydrogen-bond donors (Lipinski definition) is 1. The van der Waals surface area contributed by atoms with Crippen molar-refractivity contribution in [3.8, 4) is 11.5 Å². The summed E-state index contributed by atoms with van der Waals surface area (Å²) in [6.07, 6.45) is 3.63. The van der Waals surface area contributed by atoms with Gasteiger partial charge in [0.25, 0.3) is 11.8 Å². The molecule has 0 saturated carbocycles. The van der Waals surface area contributed by atoms with Gasteiger partial charge in [-0.05, 0) is 60.9 Å². The number of thioether (sulfide) groups is 1. The Kier molecular flexibility index (Phi) is 8.56. The van der Waals surface area contributed by atoms with Gasteiger partial charge in [-0.25, -0.2) is 0 Å². The Morgan fingerprint density at radius 2 is 2.09 bits per heavy atom. The molecule has 0 unspecified atom stereocenters. The van der Waals surface area contributed by atoms with Gasteiger partial charge in [0, 0.05) is 17.3 Å². The van der Waals surface area contributed by atoms with E-state index >= 15 is 0 Å². The second kappa shape index (κ2) is 11.6. The third-order valence-electron chi connectivity index (χ3n) is 5.31. The van der Waals surface area contributed by atoms with Gasteiger partial charge in [0.05, 0.1) is 29.7 Å². The predicted molar refractivity (Wildman–Crippen MR) is 142 cm³/mol. The topological polar surface area (TPSA) is 77.1 Å². The van der Waals surface area contributed by atoms with Crippen molar-refractivity contribution in [3.05, 3.63) is 56.9 Å². The average molecular weight is 553 g/mol. The van der Waals surface area contributed by atoms with Gasteiger partial charge in [-0.3, -0.25) is 14.5 Å². The van der Waals surface area contributed by atoms with Crippen molar-refractivity contribution < 1.29 is 23.8 Å². The zero-order chi connectivity index (χ0) is 24.9. The number of nitrogens with zero attached hydrogens (tertiary/aromatic N) is 1. The SMILES string of the molecule is COc1cc(/C=C2\SC(=S)N(C[C@@H]3CCCO3)C2=O)cc(Cl)c1OCC(=O)Nc1ccc(Cl)cc1. The maximum Gasteiger partial charge on any atom is 0.266 e. The second-order valence-electron chi connectivity index (χ2n) is 7.81. The Hall–Kier alpha value is -2.30. The molecule has 2 heterocycles. The molecule has 0 spiro atoms. The van der Waals surface area contributed by atoms with Crippen molar-refractivity contribution in [2.45, 2.75) is 18.9 Å². The quantitative estimate of drug-likeness (QED) is 0.347. The number of benzene rings is 2. The fourth-order valence-electron chi connectivity index (χ4n) is 3.63. The van der Waals surface area contributed by atoms with E-state index in [9.17, 15) is 9.59 Å². The molecule has 2 aliphatic heterocycles. The van der Waals surface area contributed by atoms with Gasteiger partial charge in [-0.2, -0.15) is 0 Å². The second-order valence-corrected chi connectivity index (χ2v) is 10.3. The van der Waals surface area contributed by atoms with Gasteiger partial charge in [-0.1, -0.05) is 47.2 Å². The summed E-state index contributed by atoms with van der Waals surface area (Å²) in [5.74, 6) is 0.0237. The van der Waals surface area contributed by atoms with Crippen molar-refractivity contribution in [1.82, 2.24) is 4.90 Å².